The number of alkyl halides is 2. The zero-order valence-electron chi connectivity index (χ0n) is 13.6. The van der Waals surface area contributed by atoms with Gasteiger partial charge in [-0.2, -0.15) is 13.8 Å². The molecule has 0 amide bonds. The lowest BCUT2D eigenvalue weighted by Gasteiger charge is -2.20. The fourth-order valence-electron chi connectivity index (χ4n) is 2.11. The number of nitrogens with zero attached hydrogens (tertiary/aromatic N) is 2. The Morgan fingerprint density at radius 2 is 2.21 bits per heavy atom. The molecule has 3 N–H and O–H groups in total. The van der Waals surface area contributed by atoms with Crippen molar-refractivity contribution in [3.05, 3.63) is 35.1 Å². The summed E-state index contributed by atoms with van der Waals surface area (Å²) in [5, 5.41) is 9.81. The monoisotopic (exact) mass is 345 g/mol. The van der Waals surface area contributed by atoms with Crippen molar-refractivity contribution in [2.45, 2.75) is 45.1 Å². The summed E-state index contributed by atoms with van der Waals surface area (Å²) in [4.78, 5) is 15.1. The van der Waals surface area contributed by atoms with E-state index in [4.69, 9.17) is 15.2 Å². The minimum Gasteiger partial charge on any atom is -0.499 e. The van der Waals surface area contributed by atoms with Crippen molar-refractivity contribution in [1.82, 2.24) is 9.55 Å². The molecule has 2 heterocycles. The molecule has 0 aromatic carbocycles. The highest BCUT2D eigenvalue weighted by atomic mass is 19.3. The molecule has 0 aliphatic carbocycles. The second-order valence-electron chi connectivity index (χ2n) is 6.69. The Kier molecular flexibility index (Phi) is 4.95. The largest absolute Gasteiger partial charge is 0.499 e. The van der Waals surface area contributed by atoms with Crippen LogP contribution in [0.5, 0.6) is 0 Å². The lowest BCUT2D eigenvalue weighted by Crippen LogP contribution is -2.41. The first kappa shape index (κ1) is 18.3. The predicted molar refractivity (Wildman–Crippen MR) is 82.3 cm³/mol. The number of halogens is 2. The normalized spacial score (nSPS) is 26.8. The number of hydrogen-bond acceptors (Lipinski definition) is 6. The molecular formula is C15H21F2N3O4. The molecule has 1 aliphatic heterocycles. The van der Waals surface area contributed by atoms with Crippen LogP contribution in [0, 0.1) is 5.41 Å². The van der Waals surface area contributed by atoms with Crippen LogP contribution < -0.4 is 11.4 Å². The smallest absolute Gasteiger partial charge is 0.351 e. The third kappa shape index (κ3) is 3.90. The van der Waals surface area contributed by atoms with E-state index >= 15 is 0 Å². The maximum absolute atomic E-state index is 14.2. The topological polar surface area (TPSA) is 99.6 Å². The first-order valence-corrected chi connectivity index (χ1v) is 7.37. The number of allylic oxidation sites excluding steroid dienone is 1. The van der Waals surface area contributed by atoms with E-state index in [1.54, 1.807) is 6.08 Å². The number of aliphatic hydroxyl groups is 1. The number of anilines is 1. The molecule has 1 aliphatic rings. The Morgan fingerprint density at radius 1 is 1.54 bits per heavy atom. The summed E-state index contributed by atoms with van der Waals surface area (Å²) >= 11 is 0. The van der Waals surface area contributed by atoms with E-state index in [2.05, 4.69) is 4.98 Å². The zero-order chi connectivity index (χ0) is 18.1. The van der Waals surface area contributed by atoms with Gasteiger partial charge in [-0.15, -0.1) is 0 Å². The van der Waals surface area contributed by atoms with E-state index in [0.29, 0.717) is 4.57 Å². The fraction of sp³-hybridized carbons (Fsp3) is 0.600. The molecule has 0 spiro atoms. The Hall–Kier alpha value is -2.00. The molecular weight excluding hydrogens is 324 g/mol. The van der Waals surface area contributed by atoms with Crippen LogP contribution in [0.2, 0.25) is 0 Å². The van der Waals surface area contributed by atoms with Gasteiger partial charge in [0.05, 0.1) is 6.26 Å². The molecule has 0 unspecified atom stereocenters. The first-order chi connectivity index (χ1) is 11.0. The molecule has 1 aromatic heterocycles. The Balaban J connectivity index is 2.13. The third-order valence-electron chi connectivity index (χ3n) is 3.41. The number of rotatable bonds is 4. The molecule has 2 rings (SSSR count). The van der Waals surface area contributed by atoms with Gasteiger partial charge in [0, 0.05) is 6.20 Å². The lowest BCUT2D eigenvalue weighted by molar-refractivity contribution is -0.141. The van der Waals surface area contributed by atoms with E-state index in [-0.39, 0.29) is 17.8 Å². The summed E-state index contributed by atoms with van der Waals surface area (Å²) in [5.74, 6) is -3.77. The van der Waals surface area contributed by atoms with Crippen molar-refractivity contribution < 1.29 is 23.4 Å². The summed E-state index contributed by atoms with van der Waals surface area (Å²) in [6, 6.07) is 1.20. The van der Waals surface area contributed by atoms with Gasteiger partial charge in [-0.25, -0.2) is 4.79 Å². The summed E-state index contributed by atoms with van der Waals surface area (Å²) < 4.78 is 39.4. The average molecular weight is 345 g/mol. The van der Waals surface area contributed by atoms with Gasteiger partial charge in [0.25, 0.3) is 0 Å². The number of aliphatic hydroxyl groups excluding tert-OH is 1. The summed E-state index contributed by atoms with van der Waals surface area (Å²) in [5.41, 5.74) is 4.22. The van der Waals surface area contributed by atoms with Crippen LogP contribution in [0.1, 0.15) is 27.0 Å². The highest BCUT2D eigenvalue weighted by Crippen LogP contribution is 2.42. The number of ether oxygens (including phenoxy) is 2. The van der Waals surface area contributed by atoms with Gasteiger partial charge >= 0.3 is 11.6 Å². The van der Waals surface area contributed by atoms with Gasteiger partial charge in [-0.3, -0.25) is 4.57 Å². The van der Waals surface area contributed by atoms with E-state index in [9.17, 15) is 18.7 Å². The number of aromatic nitrogens is 2. The first-order valence-electron chi connectivity index (χ1n) is 7.37. The zero-order valence-corrected chi connectivity index (χ0v) is 13.6. The number of hydrogen-bond donors (Lipinski definition) is 2. The second-order valence-corrected chi connectivity index (χ2v) is 6.69. The van der Waals surface area contributed by atoms with Crippen molar-refractivity contribution in [3.63, 3.8) is 0 Å². The minimum absolute atomic E-state index is 0.0923. The van der Waals surface area contributed by atoms with Gasteiger partial charge in [-0.1, -0.05) is 20.8 Å². The predicted octanol–water partition coefficient (Wildman–Crippen LogP) is 1.30. The maximum Gasteiger partial charge on any atom is 0.351 e. The van der Waals surface area contributed by atoms with E-state index in [1.165, 1.54) is 12.3 Å². The summed E-state index contributed by atoms with van der Waals surface area (Å²) in [6.07, 6.45) is -1.21. The molecule has 0 saturated carbocycles. The van der Waals surface area contributed by atoms with Crippen LogP contribution in [0.15, 0.2) is 29.4 Å². The Labute approximate surface area is 137 Å². The van der Waals surface area contributed by atoms with E-state index in [1.807, 2.05) is 20.8 Å². The standard InChI is InChI=1S/C15H21F2N3O4/c1-14(2,3)5-7-23-8-9-11(21)15(16,17)12(24-9)20-6-4-10(18)19-13(20)22/h4-7,9,11-12,21H,8H2,1-3H3,(H2,18,19,22)/b7-5+/t9-,11-,12-/m1/s1. The third-order valence-corrected chi connectivity index (χ3v) is 3.41. The van der Waals surface area contributed by atoms with Crippen molar-refractivity contribution in [2.24, 2.45) is 5.41 Å². The van der Waals surface area contributed by atoms with Gasteiger partial charge in [0.2, 0.25) is 6.23 Å². The molecule has 3 atom stereocenters. The molecule has 7 nitrogen and oxygen atoms in total. The molecule has 134 valence electrons. The molecule has 1 saturated heterocycles. The van der Waals surface area contributed by atoms with Crippen LogP contribution in [-0.4, -0.2) is 39.4 Å². The molecule has 0 bridgehead atoms. The average Bonchev–Trinajstić information content (AvgIpc) is 2.66. The Bertz CT molecular complexity index is 669. The van der Waals surface area contributed by atoms with Crippen molar-refractivity contribution in [2.75, 3.05) is 12.3 Å². The molecule has 1 fully saturated rings. The van der Waals surface area contributed by atoms with Crippen LogP contribution in [0.3, 0.4) is 0 Å². The SMILES string of the molecule is CC(C)(C)/C=C/OC[C@H]1O[C@@H](n2ccc(N)nc2=O)C(F)(F)[C@@H]1O. The fourth-order valence-corrected chi connectivity index (χ4v) is 2.11. The van der Waals surface area contributed by atoms with Crippen LogP contribution in [0.4, 0.5) is 14.6 Å². The Morgan fingerprint density at radius 3 is 2.79 bits per heavy atom. The molecule has 9 heteroatoms. The van der Waals surface area contributed by atoms with Crippen LogP contribution >= 0.6 is 0 Å². The van der Waals surface area contributed by atoms with Crippen molar-refractivity contribution in [3.8, 4) is 0 Å². The van der Waals surface area contributed by atoms with E-state index in [0.717, 1.165) is 6.20 Å². The number of nitrogens with two attached hydrogens (primary N) is 1. The van der Waals surface area contributed by atoms with Gasteiger partial charge in [-0.05, 0) is 17.6 Å². The lowest BCUT2D eigenvalue weighted by atomic mass is 9.97. The van der Waals surface area contributed by atoms with Crippen LogP contribution in [-0.2, 0) is 9.47 Å². The quantitative estimate of drug-likeness (QED) is 0.798. The number of nitrogen functional groups attached to an aromatic ring is 1. The van der Waals surface area contributed by atoms with Crippen molar-refractivity contribution >= 4 is 5.82 Å². The van der Waals surface area contributed by atoms with Crippen LogP contribution in [0.25, 0.3) is 0 Å². The van der Waals surface area contributed by atoms with Crippen molar-refractivity contribution in [1.29, 1.82) is 0 Å². The second kappa shape index (κ2) is 6.48. The van der Waals surface area contributed by atoms with Gasteiger partial charge in [0.1, 0.15) is 18.5 Å². The van der Waals surface area contributed by atoms with E-state index < -0.39 is 30.0 Å². The minimum atomic E-state index is -3.68. The van der Waals surface area contributed by atoms with Gasteiger partial charge < -0.3 is 20.3 Å². The maximum atomic E-state index is 14.2. The molecule has 24 heavy (non-hydrogen) atoms. The van der Waals surface area contributed by atoms with Gasteiger partial charge in [0.15, 0.2) is 6.10 Å². The highest BCUT2D eigenvalue weighted by molar-refractivity contribution is 5.23. The molecule has 0 radical (unpaired) electrons. The summed E-state index contributed by atoms with van der Waals surface area (Å²) in [7, 11) is 0. The highest BCUT2D eigenvalue weighted by Gasteiger charge is 2.59. The summed E-state index contributed by atoms with van der Waals surface area (Å²) in [6.45, 7) is 5.55. The molecule has 1 aromatic rings.